The molecule has 1 aliphatic heterocycles. The average Bonchev–Trinajstić information content (AvgIpc) is 3.35. The Morgan fingerprint density at radius 3 is 2.90 bits per heavy atom. The summed E-state index contributed by atoms with van der Waals surface area (Å²) in [5, 5.41) is 3.73. The van der Waals surface area contributed by atoms with E-state index >= 15 is 0 Å². The summed E-state index contributed by atoms with van der Waals surface area (Å²) in [6.45, 7) is 0.526. The maximum absolute atomic E-state index is 12.8. The monoisotopic (exact) mass is 415 g/mol. The molecule has 0 saturated carbocycles. The number of nitrogens with one attached hydrogen (secondary N) is 1. The van der Waals surface area contributed by atoms with Gasteiger partial charge in [0, 0.05) is 24.3 Å². The SMILES string of the molecule is COc1ccc(CCNC(=O)C[C@@H]2CSc3nc4c(c(=O)n32)CCC4)cc1OC. The van der Waals surface area contributed by atoms with Gasteiger partial charge in [0.2, 0.25) is 5.91 Å². The number of carbonyl (C=O) groups is 1. The molecular weight excluding hydrogens is 390 g/mol. The number of hydrogen-bond donors (Lipinski definition) is 1. The van der Waals surface area contributed by atoms with Gasteiger partial charge in [-0.25, -0.2) is 4.98 Å². The zero-order chi connectivity index (χ0) is 20.4. The van der Waals surface area contributed by atoms with Crippen LogP contribution in [-0.4, -0.2) is 42.0 Å². The highest BCUT2D eigenvalue weighted by Crippen LogP contribution is 2.34. The minimum absolute atomic E-state index is 0.0451. The number of nitrogens with zero attached hydrogens (tertiary/aromatic N) is 2. The van der Waals surface area contributed by atoms with Crippen molar-refractivity contribution in [2.24, 2.45) is 0 Å². The van der Waals surface area contributed by atoms with Crippen molar-refractivity contribution in [2.45, 2.75) is 43.3 Å². The van der Waals surface area contributed by atoms with E-state index in [1.165, 1.54) is 0 Å². The first kappa shape index (κ1) is 19.8. The number of hydrogen-bond acceptors (Lipinski definition) is 6. The Labute approximate surface area is 173 Å². The second kappa shape index (κ2) is 8.49. The van der Waals surface area contributed by atoms with E-state index in [0.717, 1.165) is 41.2 Å². The van der Waals surface area contributed by atoms with Gasteiger partial charge in [0.25, 0.3) is 5.56 Å². The number of carbonyl (C=O) groups excluding carboxylic acids is 1. The predicted molar refractivity (Wildman–Crippen MR) is 111 cm³/mol. The van der Waals surface area contributed by atoms with Crippen molar-refractivity contribution < 1.29 is 14.3 Å². The summed E-state index contributed by atoms with van der Waals surface area (Å²) in [5.41, 5.74) is 2.90. The first-order valence-electron chi connectivity index (χ1n) is 9.85. The lowest BCUT2D eigenvalue weighted by molar-refractivity contribution is -0.121. The van der Waals surface area contributed by atoms with E-state index in [2.05, 4.69) is 10.3 Å². The fourth-order valence-electron chi connectivity index (χ4n) is 3.97. The van der Waals surface area contributed by atoms with E-state index < -0.39 is 0 Å². The normalized spacial score (nSPS) is 17.0. The molecule has 0 saturated heterocycles. The van der Waals surface area contributed by atoms with Crippen LogP contribution in [0.1, 0.15) is 35.7 Å². The number of ether oxygens (including phenoxy) is 2. The average molecular weight is 416 g/mol. The summed E-state index contributed by atoms with van der Waals surface area (Å²) in [4.78, 5) is 29.9. The predicted octanol–water partition coefficient (Wildman–Crippen LogP) is 2.14. The van der Waals surface area contributed by atoms with Gasteiger partial charge in [-0.3, -0.25) is 14.2 Å². The van der Waals surface area contributed by atoms with Gasteiger partial charge in [0.05, 0.1) is 26.0 Å². The lowest BCUT2D eigenvalue weighted by atomic mass is 10.1. The zero-order valence-electron chi connectivity index (χ0n) is 16.7. The summed E-state index contributed by atoms with van der Waals surface area (Å²) >= 11 is 1.57. The molecule has 0 unspecified atom stereocenters. The van der Waals surface area contributed by atoms with Crippen LogP contribution < -0.4 is 20.3 Å². The van der Waals surface area contributed by atoms with Gasteiger partial charge in [-0.1, -0.05) is 17.8 Å². The molecular formula is C21H25N3O4S. The third kappa shape index (κ3) is 3.99. The van der Waals surface area contributed by atoms with Crippen LogP contribution in [0.15, 0.2) is 28.2 Å². The van der Waals surface area contributed by atoms with Crippen LogP contribution in [0.3, 0.4) is 0 Å². The van der Waals surface area contributed by atoms with Gasteiger partial charge in [-0.2, -0.15) is 0 Å². The molecule has 1 aromatic heterocycles. The maximum Gasteiger partial charge on any atom is 0.257 e. The topological polar surface area (TPSA) is 82.5 Å². The Morgan fingerprint density at radius 2 is 2.10 bits per heavy atom. The Kier molecular flexibility index (Phi) is 5.80. The number of fused-ring (bicyclic) bond motifs is 2. The first-order valence-corrected chi connectivity index (χ1v) is 10.8. The lowest BCUT2D eigenvalue weighted by Gasteiger charge is -2.14. The van der Waals surface area contributed by atoms with Crippen LogP contribution >= 0.6 is 11.8 Å². The molecule has 1 aliphatic carbocycles. The largest absolute Gasteiger partial charge is 0.493 e. The standard InChI is InChI=1S/C21H25N3O4S/c1-27-17-7-6-13(10-18(17)28-2)8-9-22-19(25)11-14-12-29-21-23-16-5-3-4-15(16)20(26)24(14)21/h6-7,10,14H,3-5,8-9,11-12H2,1-2H3,(H,22,25)/t14-/m1/s1. The van der Waals surface area contributed by atoms with Gasteiger partial charge >= 0.3 is 0 Å². The Hall–Kier alpha value is -2.48. The van der Waals surface area contributed by atoms with Crippen LogP contribution in [0.25, 0.3) is 0 Å². The molecule has 7 nitrogen and oxygen atoms in total. The van der Waals surface area contributed by atoms with Crippen LogP contribution in [0.2, 0.25) is 0 Å². The zero-order valence-corrected chi connectivity index (χ0v) is 17.5. The smallest absolute Gasteiger partial charge is 0.257 e. The Bertz CT molecular complexity index is 989. The summed E-state index contributed by atoms with van der Waals surface area (Å²) < 4.78 is 12.3. The van der Waals surface area contributed by atoms with E-state index in [9.17, 15) is 9.59 Å². The molecule has 4 rings (SSSR count). The number of amides is 1. The van der Waals surface area contributed by atoms with Gasteiger partial charge in [0.1, 0.15) is 0 Å². The summed E-state index contributed by atoms with van der Waals surface area (Å²) in [7, 11) is 3.21. The molecule has 154 valence electrons. The van der Waals surface area contributed by atoms with Gasteiger partial charge in [-0.05, 0) is 43.4 Å². The lowest BCUT2D eigenvalue weighted by Crippen LogP contribution is -2.32. The van der Waals surface area contributed by atoms with Gasteiger partial charge in [-0.15, -0.1) is 0 Å². The fraction of sp³-hybridized carbons (Fsp3) is 0.476. The third-order valence-corrected chi connectivity index (χ3v) is 6.57. The second-order valence-electron chi connectivity index (χ2n) is 7.31. The third-order valence-electron chi connectivity index (χ3n) is 5.48. The molecule has 2 heterocycles. The van der Waals surface area contributed by atoms with Crippen LogP contribution in [0.5, 0.6) is 11.5 Å². The number of aromatic nitrogens is 2. The highest BCUT2D eigenvalue weighted by Gasteiger charge is 2.30. The molecule has 1 aromatic carbocycles. The molecule has 29 heavy (non-hydrogen) atoms. The summed E-state index contributed by atoms with van der Waals surface area (Å²) in [5.74, 6) is 2.03. The quantitative estimate of drug-likeness (QED) is 0.698. The molecule has 8 heteroatoms. The molecule has 0 spiro atoms. The highest BCUT2D eigenvalue weighted by molar-refractivity contribution is 7.99. The van der Waals surface area contributed by atoms with E-state index in [1.807, 2.05) is 18.2 Å². The Balaban J connectivity index is 1.35. The minimum Gasteiger partial charge on any atom is -0.493 e. The number of methoxy groups -OCH3 is 2. The second-order valence-corrected chi connectivity index (χ2v) is 8.29. The molecule has 0 fully saturated rings. The van der Waals surface area contributed by atoms with E-state index in [0.29, 0.717) is 36.6 Å². The van der Waals surface area contributed by atoms with Crippen LogP contribution in [-0.2, 0) is 24.1 Å². The van der Waals surface area contributed by atoms with Crippen molar-refractivity contribution in [3.63, 3.8) is 0 Å². The van der Waals surface area contributed by atoms with Gasteiger partial charge < -0.3 is 14.8 Å². The van der Waals surface area contributed by atoms with Crippen molar-refractivity contribution in [3.05, 3.63) is 45.4 Å². The number of benzene rings is 1. The Morgan fingerprint density at radius 1 is 1.28 bits per heavy atom. The van der Waals surface area contributed by atoms with E-state index in [-0.39, 0.29) is 17.5 Å². The summed E-state index contributed by atoms with van der Waals surface area (Å²) in [6, 6.07) is 5.62. The summed E-state index contributed by atoms with van der Waals surface area (Å²) in [6.07, 6.45) is 3.67. The van der Waals surface area contributed by atoms with E-state index in [4.69, 9.17) is 9.47 Å². The molecule has 2 aromatic rings. The van der Waals surface area contributed by atoms with E-state index in [1.54, 1.807) is 30.5 Å². The number of rotatable bonds is 7. The fourth-order valence-corrected chi connectivity index (χ4v) is 5.13. The molecule has 0 bridgehead atoms. The molecule has 1 atom stereocenters. The van der Waals surface area contributed by atoms with Crippen LogP contribution in [0, 0.1) is 0 Å². The minimum atomic E-state index is -0.123. The van der Waals surface area contributed by atoms with Gasteiger partial charge in [0.15, 0.2) is 16.7 Å². The molecule has 1 amide bonds. The van der Waals surface area contributed by atoms with Crippen molar-refractivity contribution in [1.29, 1.82) is 0 Å². The van der Waals surface area contributed by atoms with Crippen molar-refractivity contribution in [3.8, 4) is 11.5 Å². The van der Waals surface area contributed by atoms with Crippen LogP contribution in [0.4, 0.5) is 0 Å². The van der Waals surface area contributed by atoms with Crippen molar-refractivity contribution in [1.82, 2.24) is 14.9 Å². The maximum atomic E-state index is 12.8. The molecule has 2 aliphatic rings. The van der Waals surface area contributed by atoms with Crippen molar-refractivity contribution in [2.75, 3.05) is 26.5 Å². The molecule has 0 radical (unpaired) electrons. The highest BCUT2D eigenvalue weighted by atomic mass is 32.2. The molecule has 1 N–H and O–H groups in total. The first-order chi connectivity index (χ1) is 14.1. The van der Waals surface area contributed by atoms with Crippen molar-refractivity contribution >= 4 is 17.7 Å². The number of thioether (sulfide) groups is 1. The number of aryl methyl sites for hydroxylation is 1.